The SMILES string of the molecule is COc1cc(CNC(=O)C(c2ccccc2)N2CCS(=O)(=O)CC2)ccc1C. The Hall–Kier alpha value is -2.38. The zero-order valence-electron chi connectivity index (χ0n) is 16.2. The van der Waals surface area contributed by atoms with Gasteiger partial charge in [0.2, 0.25) is 5.91 Å². The van der Waals surface area contributed by atoms with Gasteiger partial charge in [0.15, 0.2) is 9.84 Å². The zero-order chi connectivity index (χ0) is 20.1. The molecule has 2 aromatic rings. The molecule has 3 rings (SSSR count). The third-order valence-electron chi connectivity index (χ3n) is 5.05. The molecule has 28 heavy (non-hydrogen) atoms. The minimum atomic E-state index is -3.01. The third kappa shape index (κ3) is 4.91. The molecular weight excluding hydrogens is 376 g/mol. The van der Waals surface area contributed by atoms with E-state index >= 15 is 0 Å². The summed E-state index contributed by atoms with van der Waals surface area (Å²) in [6.45, 7) is 3.06. The van der Waals surface area contributed by atoms with Crippen LogP contribution in [0.5, 0.6) is 5.75 Å². The van der Waals surface area contributed by atoms with E-state index in [1.165, 1.54) is 0 Å². The van der Waals surface area contributed by atoms with Crippen molar-refractivity contribution in [1.29, 1.82) is 0 Å². The van der Waals surface area contributed by atoms with Crippen LogP contribution in [0.2, 0.25) is 0 Å². The molecule has 1 saturated heterocycles. The van der Waals surface area contributed by atoms with E-state index in [9.17, 15) is 13.2 Å². The second kappa shape index (κ2) is 8.75. The minimum Gasteiger partial charge on any atom is -0.496 e. The highest BCUT2D eigenvalue weighted by Gasteiger charge is 2.32. The zero-order valence-corrected chi connectivity index (χ0v) is 17.0. The van der Waals surface area contributed by atoms with Gasteiger partial charge in [0.25, 0.3) is 0 Å². The first-order valence-corrected chi connectivity index (χ1v) is 11.1. The Morgan fingerprint density at radius 2 is 1.82 bits per heavy atom. The van der Waals surface area contributed by atoms with Crippen molar-refractivity contribution >= 4 is 15.7 Å². The third-order valence-corrected chi connectivity index (χ3v) is 6.66. The number of hydrogen-bond donors (Lipinski definition) is 1. The molecule has 1 N–H and O–H groups in total. The van der Waals surface area contributed by atoms with Gasteiger partial charge >= 0.3 is 0 Å². The monoisotopic (exact) mass is 402 g/mol. The van der Waals surface area contributed by atoms with Crippen molar-refractivity contribution in [2.75, 3.05) is 31.7 Å². The van der Waals surface area contributed by atoms with Gasteiger partial charge < -0.3 is 10.1 Å². The van der Waals surface area contributed by atoms with Crippen LogP contribution in [0.3, 0.4) is 0 Å². The summed E-state index contributed by atoms with van der Waals surface area (Å²) in [6.07, 6.45) is 0. The average Bonchev–Trinajstić information content (AvgIpc) is 2.69. The highest BCUT2D eigenvalue weighted by atomic mass is 32.2. The van der Waals surface area contributed by atoms with E-state index in [1.54, 1.807) is 7.11 Å². The van der Waals surface area contributed by atoms with Gasteiger partial charge in [-0.25, -0.2) is 8.42 Å². The number of nitrogens with zero attached hydrogens (tertiary/aromatic N) is 1. The molecule has 2 aromatic carbocycles. The predicted octanol–water partition coefficient (Wildman–Crippen LogP) is 2.09. The van der Waals surface area contributed by atoms with Crippen molar-refractivity contribution in [1.82, 2.24) is 10.2 Å². The number of carbonyl (C=O) groups is 1. The number of ether oxygens (including phenoxy) is 1. The standard InChI is InChI=1S/C21H26N2O4S/c1-16-8-9-17(14-19(16)27-2)15-22-21(24)20(18-6-4-3-5-7-18)23-10-12-28(25,26)13-11-23/h3-9,14,20H,10-13,15H2,1-2H3,(H,22,24). The number of amides is 1. The molecule has 0 saturated carbocycles. The van der Waals surface area contributed by atoms with Crippen LogP contribution in [-0.4, -0.2) is 50.9 Å². The molecule has 0 radical (unpaired) electrons. The Labute approximate surface area is 166 Å². The quantitative estimate of drug-likeness (QED) is 0.801. The van der Waals surface area contributed by atoms with Gasteiger partial charge in [0, 0.05) is 19.6 Å². The van der Waals surface area contributed by atoms with Crippen molar-refractivity contribution in [3.05, 3.63) is 65.2 Å². The first-order chi connectivity index (χ1) is 13.4. The summed E-state index contributed by atoms with van der Waals surface area (Å²) < 4.78 is 28.9. The molecule has 1 amide bonds. The second-order valence-electron chi connectivity index (χ2n) is 7.02. The average molecular weight is 403 g/mol. The molecule has 0 aromatic heterocycles. The van der Waals surface area contributed by atoms with Crippen LogP contribution < -0.4 is 10.1 Å². The summed E-state index contributed by atoms with van der Waals surface area (Å²) in [5.74, 6) is 0.815. The fraction of sp³-hybridized carbons (Fsp3) is 0.381. The Morgan fingerprint density at radius 1 is 1.14 bits per heavy atom. The number of rotatable bonds is 6. The van der Waals surface area contributed by atoms with Gasteiger partial charge in [-0.05, 0) is 29.7 Å². The van der Waals surface area contributed by atoms with E-state index < -0.39 is 15.9 Å². The summed E-state index contributed by atoms with van der Waals surface area (Å²) in [5, 5.41) is 3.00. The molecule has 1 aliphatic rings. The Morgan fingerprint density at radius 3 is 2.46 bits per heavy atom. The lowest BCUT2D eigenvalue weighted by molar-refractivity contribution is -0.126. The maximum Gasteiger partial charge on any atom is 0.242 e. The molecule has 1 heterocycles. The number of nitrogens with one attached hydrogen (secondary N) is 1. The lowest BCUT2D eigenvalue weighted by Gasteiger charge is -2.33. The van der Waals surface area contributed by atoms with Crippen LogP contribution in [0.1, 0.15) is 22.7 Å². The molecule has 1 fully saturated rings. The number of carbonyl (C=O) groups excluding carboxylic acids is 1. The van der Waals surface area contributed by atoms with E-state index in [4.69, 9.17) is 4.74 Å². The van der Waals surface area contributed by atoms with Gasteiger partial charge in [-0.2, -0.15) is 0 Å². The molecule has 1 atom stereocenters. The smallest absolute Gasteiger partial charge is 0.242 e. The van der Waals surface area contributed by atoms with Crippen molar-refractivity contribution in [3.63, 3.8) is 0 Å². The molecule has 6 nitrogen and oxygen atoms in total. The highest BCUT2D eigenvalue weighted by molar-refractivity contribution is 7.91. The fourth-order valence-electron chi connectivity index (χ4n) is 3.41. The molecule has 0 spiro atoms. The maximum absolute atomic E-state index is 13.1. The van der Waals surface area contributed by atoms with Crippen LogP contribution >= 0.6 is 0 Å². The van der Waals surface area contributed by atoms with Gasteiger partial charge in [0.1, 0.15) is 11.8 Å². The molecule has 0 bridgehead atoms. The van der Waals surface area contributed by atoms with Crippen LogP contribution in [-0.2, 0) is 21.2 Å². The van der Waals surface area contributed by atoms with E-state index in [-0.39, 0.29) is 17.4 Å². The largest absolute Gasteiger partial charge is 0.496 e. The predicted molar refractivity (Wildman–Crippen MR) is 109 cm³/mol. The lowest BCUT2D eigenvalue weighted by atomic mass is 10.0. The summed E-state index contributed by atoms with van der Waals surface area (Å²) >= 11 is 0. The Kier molecular flexibility index (Phi) is 6.36. The van der Waals surface area contributed by atoms with Gasteiger partial charge in [0.05, 0.1) is 18.6 Å². The first kappa shape index (κ1) is 20.4. The van der Waals surface area contributed by atoms with E-state index in [2.05, 4.69) is 5.32 Å². The normalized spacial score (nSPS) is 17.6. The van der Waals surface area contributed by atoms with E-state index in [0.29, 0.717) is 19.6 Å². The molecule has 0 aliphatic carbocycles. The van der Waals surface area contributed by atoms with Gasteiger partial charge in [-0.3, -0.25) is 9.69 Å². The fourth-order valence-corrected chi connectivity index (χ4v) is 4.64. The summed E-state index contributed by atoms with van der Waals surface area (Å²) in [5.41, 5.74) is 2.85. The van der Waals surface area contributed by atoms with E-state index in [1.807, 2.05) is 60.4 Å². The molecule has 1 aliphatic heterocycles. The Balaban J connectivity index is 1.75. The molecule has 7 heteroatoms. The Bertz CT molecular complexity index is 915. The molecule has 150 valence electrons. The summed E-state index contributed by atoms with van der Waals surface area (Å²) in [7, 11) is -1.39. The van der Waals surface area contributed by atoms with Gasteiger partial charge in [-0.1, -0.05) is 42.5 Å². The summed E-state index contributed by atoms with van der Waals surface area (Å²) in [4.78, 5) is 15.0. The first-order valence-electron chi connectivity index (χ1n) is 9.30. The lowest BCUT2D eigenvalue weighted by Crippen LogP contribution is -2.47. The molecular formula is C21H26N2O4S. The number of methoxy groups -OCH3 is 1. The van der Waals surface area contributed by atoms with E-state index in [0.717, 1.165) is 22.4 Å². The number of hydrogen-bond acceptors (Lipinski definition) is 5. The van der Waals surface area contributed by atoms with Crippen LogP contribution in [0, 0.1) is 6.92 Å². The number of aryl methyl sites for hydroxylation is 1. The van der Waals surface area contributed by atoms with Crippen molar-refractivity contribution < 1.29 is 17.9 Å². The van der Waals surface area contributed by atoms with Crippen LogP contribution in [0.15, 0.2) is 48.5 Å². The highest BCUT2D eigenvalue weighted by Crippen LogP contribution is 2.24. The van der Waals surface area contributed by atoms with Crippen LogP contribution in [0.4, 0.5) is 0 Å². The summed E-state index contributed by atoms with van der Waals surface area (Å²) in [6, 6.07) is 14.8. The number of sulfone groups is 1. The van der Waals surface area contributed by atoms with Crippen molar-refractivity contribution in [2.24, 2.45) is 0 Å². The second-order valence-corrected chi connectivity index (χ2v) is 9.33. The minimum absolute atomic E-state index is 0.0821. The van der Waals surface area contributed by atoms with Crippen LogP contribution in [0.25, 0.3) is 0 Å². The topological polar surface area (TPSA) is 75.7 Å². The van der Waals surface area contributed by atoms with Crippen molar-refractivity contribution in [2.45, 2.75) is 19.5 Å². The maximum atomic E-state index is 13.1. The number of benzene rings is 2. The van der Waals surface area contributed by atoms with Crippen molar-refractivity contribution in [3.8, 4) is 5.75 Å². The molecule has 1 unspecified atom stereocenters. The van der Waals surface area contributed by atoms with Gasteiger partial charge in [-0.15, -0.1) is 0 Å².